The molecule has 2 rings (SSSR count). The Labute approximate surface area is 164 Å². The molecule has 8 heteroatoms. The average Bonchev–Trinajstić information content (AvgIpc) is 2.98. The first-order valence-corrected chi connectivity index (χ1v) is 9.31. The van der Waals surface area contributed by atoms with Gasteiger partial charge in [0, 0.05) is 24.2 Å². The number of amides is 3. The summed E-state index contributed by atoms with van der Waals surface area (Å²) in [6, 6.07) is 5.92. The third-order valence-electron chi connectivity index (χ3n) is 4.32. The lowest BCUT2D eigenvalue weighted by Crippen LogP contribution is -2.44. The van der Waals surface area contributed by atoms with Crippen LogP contribution in [-0.4, -0.2) is 53.6 Å². The number of nitrogens with one attached hydrogen (secondary N) is 2. The minimum atomic E-state index is -0.657. The number of hydrogen-bond acceptors (Lipinski definition) is 4. The highest BCUT2D eigenvalue weighted by Crippen LogP contribution is 2.20. The van der Waals surface area contributed by atoms with Gasteiger partial charge in [-0.05, 0) is 51.8 Å². The second kappa shape index (κ2) is 9.03. The summed E-state index contributed by atoms with van der Waals surface area (Å²) in [4.78, 5) is 38.1. The van der Waals surface area contributed by atoms with E-state index in [1.54, 1.807) is 43.9 Å². The SMILES string of the molecule is C[C@H]1C[C@@H](NC(=O)CNC(=O)c2cccc(CF)c2)CN1C(=O)OC(C)(C)C. The molecule has 0 aromatic heterocycles. The monoisotopic (exact) mass is 393 g/mol. The minimum Gasteiger partial charge on any atom is -0.444 e. The quantitative estimate of drug-likeness (QED) is 0.804. The highest BCUT2D eigenvalue weighted by Gasteiger charge is 2.35. The van der Waals surface area contributed by atoms with Gasteiger partial charge in [0.15, 0.2) is 0 Å². The number of nitrogens with zero attached hydrogens (tertiary/aromatic N) is 1. The van der Waals surface area contributed by atoms with E-state index in [-0.39, 0.29) is 24.5 Å². The predicted octanol–water partition coefficient (Wildman–Crippen LogP) is 2.40. The first-order chi connectivity index (χ1) is 13.1. The molecule has 154 valence electrons. The molecule has 0 spiro atoms. The van der Waals surface area contributed by atoms with Crippen LogP contribution in [0.3, 0.4) is 0 Å². The van der Waals surface area contributed by atoms with Gasteiger partial charge in [-0.25, -0.2) is 9.18 Å². The third kappa shape index (κ3) is 6.21. The number of halogens is 1. The van der Waals surface area contributed by atoms with E-state index in [1.807, 2.05) is 6.92 Å². The highest BCUT2D eigenvalue weighted by molar-refractivity contribution is 5.96. The standard InChI is InChI=1S/C20H28FN3O4/c1-13-8-16(12-24(13)19(27)28-20(2,3)4)23-17(25)11-22-18(26)15-7-5-6-14(9-15)10-21/h5-7,9,13,16H,8,10-12H2,1-4H3,(H,22,26)(H,23,25)/t13-,16+/m0/s1. The molecule has 0 aliphatic carbocycles. The van der Waals surface area contributed by atoms with E-state index >= 15 is 0 Å². The molecule has 3 amide bonds. The van der Waals surface area contributed by atoms with Crippen LogP contribution in [0.25, 0.3) is 0 Å². The molecule has 1 fully saturated rings. The fraction of sp³-hybridized carbons (Fsp3) is 0.550. The van der Waals surface area contributed by atoms with Crippen LogP contribution < -0.4 is 10.6 Å². The van der Waals surface area contributed by atoms with Crippen LogP contribution in [0.1, 0.15) is 50.0 Å². The zero-order chi connectivity index (χ0) is 20.9. The number of benzene rings is 1. The zero-order valence-corrected chi connectivity index (χ0v) is 16.8. The molecule has 28 heavy (non-hydrogen) atoms. The Balaban J connectivity index is 1.81. The topological polar surface area (TPSA) is 87.7 Å². The molecular weight excluding hydrogens is 365 g/mol. The van der Waals surface area contributed by atoms with E-state index in [0.717, 1.165) is 0 Å². The number of likely N-dealkylation sites (tertiary alicyclic amines) is 1. The first kappa shape index (κ1) is 21.7. The third-order valence-corrected chi connectivity index (χ3v) is 4.32. The van der Waals surface area contributed by atoms with Crippen molar-refractivity contribution in [1.82, 2.24) is 15.5 Å². The van der Waals surface area contributed by atoms with Gasteiger partial charge in [0.25, 0.3) is 5.91 Å². The van der Waals surface area contributed by atoms with Crippen molar-refractivity contribution in [2.45, 2.75) is 58.5 Å². The summed E-state index contributed by atoms with van der Waals surface area (Å²) in [5, 5.41) is 5.34. The van der Waals surface area contributed by atoms with Gasteiger partial charge in [-0.15, -0.1) is 0 Å². The summed E-state index contributed by atoms with van der Waals surface area (Å²) in [7, 11) is 0. The minimum absolute atomic E-state index is 0.0572. The van der Waals surface area contributed by atoms with Crippen LogP contribution in [-0.2, 0) is 16.2 Å². The summed E-state index contributed by atoms with van der Waals surface area (Å²) in [5.74, 6) is -0.793. The fourth-order valence-corrected chi connectivity index (χ4v) is 3.05. The Hall–Kier alpha value is -2.64. The van der Waals surface area contributed by atoms with Gasteiger partial charge in [-0.1, -0.05) is 12.1 Å². The van der Waals surface area contributed by atoms with Crippen molar-refractivity contribution >= 4 is 17.9 Å². The molecular formula is C20H28FN3O4. The maximum absolute atomic E-state index is 12.7. The number of carbonyl (C=O) groups excluding carboxylic acids is 3. The Bertz CT molecular complexity index is 732. The molecule has 0 saturated carbocycles. The molecule has 1 heterocycles. The van der Waals surface area contributed by atoms with Crippen LogP contribution in [0.5, 0.6) is 0 Å². The normalized spacial score (nSPS) is 19.2. The van der Waals surface area contributed by atoms with Crippen molar-refractivity contribution in [1.29, 1.82) is 0 Å². The summed E-state index contributed by atoms with van der Waals surface area (Å²) >= 11 is 0. The summed E-state index contributed by atoms with van der Waals surface area (Å²) in [6.45, 7) is 6.81. The largest absolute Gasteiger partial charge is 0.444 e. The van der Waals surface area contributed by atoms with Gasteiger partial charge in [0.1, 0.15) is 12.3 Å². The molecule has 1 aromatic rings. The van der Waals surface area contributed by atoms with E-state index in [2.05, 4.69) is 10.6 Å². The van der Waals surface area contributed by atoms with E-state index in [1.165, 1.54) is 6.07 Å². The summed E-state index contributed by atoms with van der Waals surface area (Å²) < 4.78 is 18.1. The van der Waals surface area contributed by atoms with Crippen molar-refractivity contribution in [2.24, 2.45) is 0 Å². The van der Waals surface area contributed by atoms with Crippen LogP contribution in [0.2, 0.25) is 0 Å². The number of ether oxygens (including phenoxy) is 1. The number of alkyl halides is 1. The molecule has 0 bridgehead atoms. The Morgan fingerprint density at radius 1 is 1.29 bits per heavy atom. The lowest BCUT2D eigenvalue weighted by Gasteiger charge is -2.26. The maximum atomic E-state index is 12.7. The second-order valence-corrected chi connectivity index (χ2v) is 8.00. The summed E-state index contributed by atoms with van der Waals surface area (Å²) in [5.41, 5.74) is 0.120. The van der Waals surface area contributed by atoms with E-state index < -0.39 is 24.3 Å². The van der Waals surface area contributed by atoms with Gasteiger partial charge in [-0.3, -0.25) is 9.59 Å². The van der Waals surface area contributed by atoms with Gasteiger partial charge in [0.2, 0.25) is 5.91 Å². The molecule has 1 aromatic carbocycles. The zero-order valence-electron chi connectivity index (χ0n) is 16.8. The van der Waals surface area contributed by atoms with E-state index in [0.29, 0.717) is 24.1 Å². The van der Waals surface area contributed by atoms with E-state index in [9.17, 15) is 18.8 Å². The van der Waals surface area contributed by atoms with E-state index in [4.69, 9.17) is 4.74 Å². The molecule has 7 nitrogen and oxygen atoms in total. The van der Waals surface area contributed by atoms with Crippen molar-refractivity contribution in [3.63, 3.8) is 0 Å². The average molecular weight is 393 g/mol. The Morgan fingerprint density at radius 2 is 2.00 bits per heavy atom. The highest BCUT2D eigenvalue weighted by atomic mass is 19.1. The molecule has 1 saturated heterocycles. The van der Waals surface area contributed by atoms with Crippen molar-refractivity contribution in [3.8, 4) is 0 Å². The molecule has 0 radical (unpaired) electrons. The smallest absolute Gasteiger partial charge is 0.410 e. The van der Waals surface area contributed by atoms with Crippen LogP contribution in [0.15, 0.2) is 24.3 Å². The van der Waals surface area contributed by atoms with Gasteiger partial charge in [-0.2, -0.15) is 0 Å². The van der Waals surface area contributed by atoms with Crippen molar-refractivity contribution in [3.05, 3.63) is 35.4 Å². The van der Waals surface area contributed by atoms with Crippen molar-refractivity contribution < 1.29 is 23.5 Å². The van der Waals surface area contributed by atoms with Crippen LogP contribution in [0, 0.1) is 0 Å². The van der Waals surface area contributed by atoms with Crippen LogP contribution >= 0.6 is 0 Å². The summed E-state index contributed by atoms with van der Waals surface area (Å²) in [6.07, 6.45) is 0.204. The fourth-order valence-electron chi connectivity index (χ4n) is 3.05. The lowest BCUT2D eigenvalue weighted by atomic mass is 10.1. The molecule has 2 N–H and O–H groups in total. The number of carbonyl (C=O) groups is 3. The van der Waals surface area contributed by atoms with Crippen molar-refractivity contribution in [2.75, 3.05) is 13.1 Å². The predicted molar refractivity (Wildman–Crippen MR) is 103 cm³/mol. The lowest BCUT2D eigenvalue weighted by molar-refractivity contribution is -0.120. The van der Waals surface area contributed by atoms with Gasteiger partial charge < -0.3 is 20.3 Å². The van der Waals surface area contributed by atoms with Crippen LogP contribution in [0.4, 0.5) is 9.18 Å². The first-order valence-electron chi connectivity index (χ1n) is 9.31. The molecule has 0 unspecified atom stereocenters. The maximum Gasteiger partial charge on any atom is 0.410 e. The number of hydrogen-bond donors (Lipinski definition) is 2. The van der Waals surface area contributed by atoms with Gasteiger partial charge in [0.05, 0.1) is 6.54 Å². The molecule has 1 aliphatic heterocycles. The molecule has 2 atom stereocenters. The Morgan fingerprint density at radius 3 is 2.64 bits per heavy atom. The second-order valence-electron chi connectivity index (χ2n) is 8.00. The Kier molecular flexibility index (Phi) is 6.99. The molecule has 1 aliphatic rings. The number of rotatable bonds is 5. The van der Waals surface area contributed by atoms with Gasteiger partial charge >= 0.3 is 6.09 Å².